The largest absolute Gasteiger partial charge is 0.384 e. The van der Waals surface area contributed by atoms with Gasteiger partial charge in [0.25, 0.3) is 0 Å². The highest BCUT2D eigenvalue weighted by Crippen LogP contribution is 2.31. The molecule has 1 aromatic heterocycles. The van der Waals surface area contributed by atoms with Crippen molar-refractivity contribution in [1.82, 2.24) is 4.98 Å². The molecule has 20 heavy (non-hydrogen) atoms. The molecule has 0 fully saturated rings. The number of hydrogen-bond acceptors (Lipinski definition) is 2. The van der Waals surface area contributed by atoms with E-state index in [1.54, 1.807) is 6.20 Å². The fourth-order valence-electron chi connectivity index (χ4n) is 2.78. The van der Waals surface area contributed by atoms with Gasteiger partial charge in [-0.3, -0.25) is 4.98 Å². The second kappa shape index (κ2) is 5.06. The standard InChI is InChI=1S/C18H17NO/c1-12-6-3-7-13(2)17(12)18(20)15-8-4-10-16-14(15)9-5-11-19-16/h3-11,18,20H,1-2H3. The molecule has 0 amide bonds. The molecule has 0 aliphatic heterocycles. The van der Waals surface area contributed by atoms with E-state index in [0.717, 1.165) is 33.2 Å². The zero-order chi connectivity index (χ0) is 14.1. The first-order valence-electron chi connectivity index (χ1n) is 6.76. The van der Waals surface area contributed by atoms with E-state index in [4.69, 9.17) is 0 Å². The first-order chi connectivity index (χ1) is 9.68. The van der Waals surface area contributed by atoms with Crippen LogP contribution in [0.25, 0.3) is 10.9 Å². The molecule has 0 radical (unpaired) electrons. The van der Waals surface area contributed by atoms with Crippen molar-refractivity contribution in [2.75, 3.05) is 0 Å². The Hall–Kier alpha value is -2.19. The summed E-state index contributed by atoms with van der Waals surface area (Å²) in [6.07, 6.45) is 1.15. The van der Waals surface area contributed by atoms with Crippen molar-refractivity contribution in [1.29, 1.82) is 0 Å². The number of nitrogens with zero attached hydrogens (tertiary/aromatic N) is 1. The van der Waals surface area contributed by atoms with E-state index in [-0.39, 0.29) is 0 Å². The smallest absolute Gasteiger partial charge is 0.105 e. The lowest BCUT2D eigenvalue weighted by atomic mass is 9.91. The van der Waals surface area contributed by atoms with Crippen LogP contribution in [0.5, 0.6) is 0 Å². The highest BCUT2D eigenvalue weighted by molar-refractivity contribution is 5.82. The highest BCUT2D eigenvalue weighted by Gasteiger charge is 2.17. The van der Waals surface area contributed by atoms with Crippen molar-refractivity contribution >= 4 is 10.9 Å². The summed E-state index contributed by atoms with van der Waals surface area (Å²) in [7, 11) is 0. The summed E-state index contributed by atoms with van der Waals surface area (Å²) < 4.78 is 0. The van der Waals surface area contributed by atoms with Crippen LogP contribution in [-0.2, 0) is 0 Å². The van der Waals surface area contributed by atoms with Gasteiger partial charge >= 0.3 is 0 Å². The van der Waals surface area contributed by atoms with Crippen molar-refractivity contribution in [3.05, 3.63) is 77.0 Å². The van der Waals surface area contributed by atoms with E-state index in [2.05, 4.69) is 4.98 Å². The number of pyridine rings is 1. The quantitative estimate of drug-likeness (QED) is 0.760. The summed E-state index contributed by atoms with van der Waals surface area (Å²) in [5.74, 6) is 0. The molecule has 2 heteroatoms. The summed E-state index contributed by atoms with van der Waals surface area (Å²) in [5.41, 5.74) is 5.03. The van der Waals surface area contributed by atoms with Crippen LogP contribution in [0.3, 0.4) is 0 Å². The summed E-state index contributed by atoms with van der Waals surface area (Å²) in [5, 5.41) is 11.8. The Labute approximate surface area is 118 Å². The maximum Gasteiger partial charge on any atom is 0.105 e. The molecule has 0 aliphatic rings. The molecule has 100 valence electrons. The lowest BCUT2D eigenvalue weighted by Gasteiger charge is -2.18. The number of aliphatic hydroxyl groups is 1. The topological polar surface area (TPSA) is 33.1 Å². The number of benzene rings is 2. The molecule has 0 spiro atoms. The summed E-state index contributed by atoms with van der Waals surface area (Å²) in [6, 6.07) is 15.9. The minimum atomic E-state index is -0.621. The fraction of sp³-hybridized carbons (Fsp3) is 0.167. The maximum atomic E-state index is 10.8. The van der Waals surface area contributed by atoms with Crippen LogP contribution < -0.4 is 0 Å². The van der Waals surface area contributed by atoms with Crippen molar-refractivity contribution in [2.45, 2.75) is 20.0 Å². The van der Waals surface area contributed by atoms with Gasteiger partial charge in [-0.2, -0.15) is 0 Å². The van der Waals surface area contributed by atoms with E-state index in [1.165, 1.54) is 0 Å². The van der Waals surface area contributed by atoms with Crippen molar-refractivity contribution < 1.29 is 5.11 Å². The van der Waals surface area contributed by atoms with Gasteiger partial charge in [-0.15, -0.1) is 0 Å². The summed E-state index contributed by atoms with van der Waals surface area (Å²) in [6.45, 7) is 4.07. The average Bonchev–Trinajstić information content (AvgIpc) is 2.46. The Morgan fingerprint density at radius 2 is 1.60 bits per heavy atom. The van der Waals surface area contributed by atoms with E-state index in [0.29, 0.717) is 0 Å². The van der Waals surface area contributed by atoms with E-state index in [1.807, 2.05) is 62.4 Å². The van der Waals surface area contributed by atoms with Gasteiger partial charge in [-0.05, 0) is 48.2 Å². The highest BCUT2D eigenvalue weighted by atomic mass is 16.3. The number of fused-ring (bicyclic) bond motifs is 1. The van der Waals surface area contributed by atoms with Crippen molar-refractivity contribution in [3.63, 3.8) is 0 Å². The van der Waals surface area contributed by atoms with Gasteiger partial charge in [-0.25, -0.2) is 0 Å². The Morgan fingerprint density at radius 3 is 2.35 bits per heavy atom. The lowest BCUT2D eigenvalue weighted by Crippen LogP contribution is -2.05. The number of aliphatic hydroxyl groups excluding tert-OH is 1. The Kier molecular flexibility index (Phi) is 3.25. The predicted octanol–water partition coefficient (Wildman–Crippen LogP) is 3.93. The normalized spacial score (nSPS) is 12.6. The van der Waals surface area contributed by atoms with Crippen molar-refractivity contribution in [2.24, 2.45) is 0 Å². The zero-order valence-electron chi connectivity index (χ0n) is 11.7. The van der Waals surface area contributed by atoms with Crippen LogP contribution >= 0.6 is 0 Å². The SMILES string of the molecule is Cc1cccc(C)c1C(O)c1cccc2ncccc12. The molecule has 3 aromatic rings. The maximum absolute atomic E-state index is 10.8. The molecular formula is C18H17NO. The Balaban J connectivity index is 2.21. The minimum absolute atomic E-state index is 0.621. The van der Waals surface area contributed by atoms with Gasteiger partial charge < -0.3 is 5.11 Å². The van der Waals surface area contributed by atoms with Gasteiger partial charge in [0.15, 0.2) is 0 Å². The van der Waals surface area contributed by atoms with Crippen LogP contribution in [0.1, 0.15) is 28.4 Å². The Bertz CT molecular complexity index is 739. The van der Waals surface area contributed by atoms with Gasteiger partial charge in [0.05, 0.1) is 5.52 Å². The Morgan fingerprint density at radius 1 is 0.900 bits per heavy atom. The monoisotopic (exact) mass is 263 g/mol. The molecule has 0 saturated heterocycles. The van der Waals surface area contributed by atoms with Crippen LogP contribution in [0.2, 0.25) is 0 Å². The second-order valence-corrected chi connectivity index (χ2v) is 5.13. The number of hydrogen-bond donors (Lipinski definition) is 1. The van der Waals surface area contributed by atoms with Gasteiger partial charge in [0.1, 0.15) is 6.10 Å². The molecule has 0 saturated carbocycles. The second-order valence-electron chi connectivity index (χ2n) is 5.13. The van der Waals surface area contributed by atoms with Crippen LogP contribution in [-0.4, -0.2) is 10.1 Å². The lowest BCUT2D eigenvalue weighted by molar-refractivity contribution is 0.220. The predicted molar refractivity (Wildman–Crippen MR) is 81.7 cm³/mol. The molecule has 1 unspecified atom stereocenters. The molecule has 1 heterocycles. The molecule has 3 rings (SSSR count). The average molecular weight is 263 g/mol. The number of rotatable bonds is 2. The first-order valence-corrected chi connectivity index (χ1v) is 6.76. The minimum Gasteiger partial charge on any atom is -0.384 e. The fourth-order valence-corrected chi connectivity index (χ4v) is 2.78. The number of aryl methyl sites for hydroxylation is 2. The molecule has 0 aliphatic carbocycles. The molecule has 1 atom stereocenters. The molecule has 2 aromatic carbocycles. The third-order valence-corrected chi connectivity index (χ3v) is 3.79. The summed E-state index contributed by atoms with van der Waals surface area (Å²) >= 11 is 0. The van der Waals surface area contributed by atoms with Crippen LogP contribution in [0.4, 0.5) is 0 Å². The van der Waals surface area contributed by atoms with E-state index in [9.17, 15) is 5.11 Å². The molecule has 2 nitrogen and oxygen atoms in total. The zero-order valence-corrected chi connectivity index (χ0v) is 11.7. The first kappa shape index (κ1) is 12.8. The van der Waals surface area contributed by atoms with Gasteiger partial charge in [-0.1, -0.05) is 36.4 Å². The van der Waals surface area contributed by atoms with Gasteiger partial charge in [0.2, 0.25) is 0 Å². The molecule has 1 N–H and O–H groups in total. The number of aromatic nitrogens is 1. The molecular weight excluding hydrogens is 246 g/mol. The third kappa shape index (κ3) is 2.08. The third-order valence-electron chi connectivity index (χ3n) is 3.79. The van der Waals surface area contributed by atoms with E-state index < -0.39 is 6.10 Å². The van der Waals surface area contributed by atoms with Gasteiger partial charge in [0, 0.05) is 11.6 Å². The van der Waals surface area contributed by atoms with Crippen LogP contribution in [0.15, 0.2) is 54.7 Å². The molecule has 0 bridgehead atoms. The van der Waals surface area contributed by atoms with E-state index >= 15 is 0 Å². The summed E-state index contributed by atoms with van der Waals surface area (Å²) in [4.78, 5) is 4.35. The van der Waals surface area contributed by atoms with Crippen LogP contribution in [0, 0.1) is 13.8 Å². The van der Waals surface area contributed by atoms with Crippen molar-refractivity contribution in [3.8, 4) is 0 Å².